The van der Waals surface area contributed by atoms with Gasteiger partial charge in [-0.1, -0.05) is 12.1 Å². The number of piperazine rings is 1. The van der Waals surface area contributed by atoms with Crippen LogP contribution < -0.4 is 20.3 Å². The summed E-state index contributed by atoms with van der Waals surface area (Å²) in [5.41, 5.74) is 4.49. The highest BCUT2D eigenvalue weighted by Gasteiger charge is 2.16. The van der Waals surface area contributed by atoms with Crippen molar-refractivity contribution < 1.29 is 9.53 Å². The van der Waals surface area contributed by atoms with Gasteiger partial charge in [0.25, 0.3) is 5.91 Å². The van der Waals surface area contributed by atoms with Gasteiger partial charge in [-0.15, -0.1) is 0 Å². The maximum absolute atomic E-state index is 12.7. The molecule has 6 nitrogen and oxygen atoms in total. The molecule has 0 saturated carbocycles. The average Bonchev–Trinajstić information content (AvgIpc) is 2.80. The van der Waals surface area contributed by atoms with E-state index in [9.17, 15) is 4.79 Å². The molecule has 4 rings (SSSR count). The second kappa shape index (κ2) is 8.75. The molecule has 0 bridgehead atoms. The summed E-state index contributed by atoms with van der Waals surface area (Å²) in [6, 6.07) is 17.2. The monoisotopic (exact) mass is 388 g/mol. The summed E-state index contributed by atoms with van der Waals surface area (Å²) in [5, 5.41) is 6.35. The van der Waals surface area contributed by atoms with E-state index in [2.05, 4.69) is 20.5 Å². The lowest BCUT2D eigenvalue weighted by atomic mass is 10.0. The number of nitrogens with one attached hydrogen (secondary N) is 2. The normalized spacial score (nSPS) is 13.8. The second-order valence-electron chi connectivity index (χ2n) is 6.89. The first kappa shape index (κ1) is 19.0. The Labute approximate surface area is 170 Å². The molecular weight excluding hydrogens is 364 g/mol. The first-order chi connectivity index (χ1) is 14.2. The van der Waals surface area contributed by atoms with Crippen molar-refractivity contribution in [1.29, 1.82) is 0 Å². The highest BCUT2D eigenvalue weighted by atomic mass is 16.5. The number of benzene rings is 2. The Hall–Kier alpha value is -3.38. The van der Waals surface area contributed by atoms with Crippen molar-refractivity contribution in [3.8, 4) is 16.9 Å². The number of hydrogen-bond acceptors (Lipinski definition) is 5. The first-order valence-corrected chi connectivity index (χ1v) is 9.70. The Morgan fingerprint density at radius 2 is 1.69 bits per heavy atom. The fraction of sp³-hybridized carbons (Fsp3) is 0.217. The third kappa shape index (κ3) is 4.38. The van der Waals surface area contributed by atoms with E-state index < -0.39 is 0 Å². The minimum Gasteiger partial charge on any atom is -0.495 e. The number of rotatable bonds is 5. The lowest BCUT2D eigenvalue weighted by Crippen LogP contribution is -2.43. The van der Waals surface area contributed by atoms with Crippen LogP contribution in [0.1, 0.15) is 10.4 Å². The van der Waals surface area contributed by atoms with E-state index in [1.807, 2.05) is 54.6 Å². The number of hydrogen-bond donors (Lipinski definition) is 2. The number of methoxy groups -OCH3 is 1. The number of ether oxygens (including phenoxy) is 1. The summed E-state index contributed by atoms with van der Waals surface area (Å²) in [6.07, 6.45) is 3.52. The van der Waals surface area contributed by atoms with Gasteiger partial charge in [-0.25, -0.2) is 0 Å². The van der Waals surface area contributed by atoms with Crippen LogP contribution in [-0.2, 0) is 0 Å². The van der Waals surface area contributed by atoms with Gasteiger partial charge >= 0.3 is 0 Å². The molecule has 6 heteroatoms. The number of amides is 1. The number of pyridine rings is 1. The van der Waals surface area contributed by atoms with Gasteiger partial charge in [0.05, 0.1) is 12.8 Å². The van der Waals surface area contributed by atoms with Crippen LogP contribution in [0, 0.1) is 0 Å². The summed E-state index contributed by atoms with van der Waals surface area (Å²) >= 11 is 0. The molecule has 2 N–H and O–H groups in total. The van der Waals surface area contributed by atoms with Crippen LogP contribution in [0.3, 0.4) is 0 Å². The molecule has 0 aliphatic carbocycles. The topological polar surface area (TPSA) is 66.5 Å². The van der Waals surface area contributed by atoms with E-state index in [1.54, 1.807) is 19.5 Å². The molecule has 2 heterocycles. The third-order valence-corrected chi connectivity index (χ3v) is 5.06. The highest BCUT2D eigenvalue weighted by molar-refractivity contribution is 6.04. The van der Waals surface area contributed by atoms with Crippen molar-refractivity contribution >= 4 is 17.3 Å². The van der Waals surface area contributed by atoms with Gasteiger partial charge in [-0.3, -0.25) is 9.78 Å². The third-order valence-electron chi connectivity index (χ3n) is 5.06. The Morgan fingerprint density at radius 1 is 1.00 bits per heavy atom. The van der Waals surface area contributed by atoms with Crippen LogP contribution in [0.4, 0.5) is 11.4 Å². The first-order valence-electron chi connectivity index (χ1n) is 9.70. The zero-order valence-electron chi connectivity index (χ0n) is 16.4. The maximum Gasteiger partial charge on any atom is 0.255 e. The number of aromatic nitrogens is 1. The smallest absolute Gasteiger partial charge is 0.255 e. The number of nitrogens with zero attached hydrogens (tertiary/aromatic N) is 2. The zero-order valence-corrected chi connectivity index (χ0v) is 16.4. The number of anilines is 2. The van der Waals surface area contributed by atoms with E-state index in [1.165, 1.54) is 0 Å². The van der Waals surface area contributed by atoms with Crippen LogP contribution in [-0.4, -0.2) is 44.2 Å². The van der Waals surface area contributed by atoms with Gasteiger partial charge in [-0.05, 0) is 53.6 Å². The molecule has 2 aromatic carbocycles. The molecule has 0 atom stereocenters. The second-order valence-corrected chi connectivity index (χ2v) is 6.89. The van der Waals surface area contributed by atoms with Crippen LogP contribution >= 0.6 is 0 Å². The van der Waals surface area contributed by atoms with Gasteiger partial charge in [0, 0.05) is 49.8 Å². The van der Waals surface area contributed by atoms with E-state index in [4.69, 9.17) is 4.74 Å². The minimum atomic E-state index is -0.136. The molecule has 0 unspecified atom stereocenters. The standard InChI is InChI=1S/C23H24N4O2/c1-29-22-7-6-20(16-21(22)27-14-12-25-13-15-27)26-23(28)19-4-2-17(3-5-19)18-8-10-24-11-9-18/h2-11,16,25H,12-15H2,1H3,(H,26,28). The van der Waals surface area contributed by atoms with Crippen molar-refractivity contribution in [1.82, 2.24) is 10.3 Å². The molecule has 0 radical (unpaired) electrons. The Bertz CT molecular complexity index is 968. The SMILES string of the molecule is COc1ccc(NC(=O)c2ccc(-c3ccncc3)cc2)cc1N1CCNCC1. The van der Waals surface area contributed by atoms with Crippen LogP contribution in [0.5, 0.6) is 5.75 Å². The van der Waals surface area contributed by atoms with Crippen molar-refractivity contribution in [2.45, 2.75) is 0 Å². The molecule has 0 spiro atoms. The van der Waals surface area contributed by atoms with Gasteiger partial charge in [0.1, 0.15) is 5.75 Å². The van der Waals surface area contributed by atoms with Crippen molar-refractivity contribution in [3.63, 3.8) is 0 Å². The zero-order chi connectivity index (χ0) is 20.1. The van der Waals surface area contributed by atoms with Crippen LogP contribution in [0.15, 0.2) is 67.0 Å². The van der Waals surface area contributed by atoms with E-state index >= 15 is 0 Å². The predicted octanol–water partition coefficient (Wildman–Crippen LogP) is 3.42. The molecule has 1 aliphatic rings. The highest BCUT2D eigenvalue weighted by Crippen LogP contribution is 2.32. The van der Waals surface area contributed by atoms with Gasteiger partial charge < -0.3 is 20.3 Å². The molecule has 148 valence electrons. The van der Waals surface area contributed by atoms with Crippen LogP contribution in [0.2, 0.25) is 0 Å². The minimum absolute atomic E-state index is 0.136. The predicted molar refractivity (Wildman–Crippen MR) is 116 cm³/mol. The molecule has 29 heavy (non-hydrogen) atoms. The van der Waals surface area contributed by atoms with Crippen molar-refractivity contribution in [2.24, 2.45) is 0 Å². The fourth-order valence-electron chi connectivity index (χ4n) is 3.48. The molecule has 1 aliphatic heterocycles. The number of carbonyl (C=O) groups excluding carboxylic acids is 1. The molecule has 1 fully saturated rings. The lowest BCUT2D eigenvalue weighted by molar-refractivity contribution is 0.102. The maximum atomic E-state index is 12.7. The average molecular weight is 388 g/mol. The molecule has 3 aromatic rings. The Kier molecular flexibility index (Phi) is 5.72. The number of carbonyl (C=O) groups is 1. The Morgan fingerprint density at radius 3 is 2.38 bits per heavy atom. The van der Waals surface area contributed by atoms with Crippen molar-refractivity contribution in [3.05, 3.63) is 72.6 Å². The summed E-state index contributed by atoms with van der Waals surface area (Å²) in [5.74, 6) is 0.675. The van der Waals surface area contributed by atoms with Gasteiger partial charge in [0.15, 0.2) is 0 Å². The molecule has 1 amide bonds. The van der Waals surface area contributed by atoms with Crippen molar-refractivity contribution in [2.75, 3.05) is 43.5 Å². The van der Waals surface area contributed by atoms with E-state index in [-0.39, 0.29) is 5.91 Å². The summed E-state index contributed by atoms with van der Waals surface area (Å²) in [7, 11) is 1.67. The van der Waals surface area contributed by atoms with Gasteiger partial charge in [0.2, 0.25) is 0 Å². The molecular formula is C23H24N4O2. The molecule has 1 saturated heterocycles. The summed E-state index contributed by atoms with van der Waals surface area (Å²) in [4.78, 5) is 19.0. The largest absolute Gasteiger partial charge is 0.495 e. The van der Waals surface area contributed by atoms with E-state index in [0.717, 1.165) is 54.4 Å². The molecule has 1 aromatic heterocycles. The lowest BCUT2D eigenvalue weighted by Gasteiger charge is -2.30. The Balaban J connectivity index is 1.50. The quantitative estimate of drug-likeness (QED) is 0.701. The van der Waals surface area contributed by atoms with Gasteiger partial charge in [-0.2, -0.15) is 0 Å². The summed E-state index contributed by atoms with van der Waals surface area (Å²) in [6.45, 7) is 3.68. The summed E-state index contributed by atoms with van der Waals surface area (Å²) < 4.78 is 5.52. The van der Waals surface area contributed by atoms with Crippen LogP contribution in [0.25, 0.3) is 11.1 Å². The fourth-order valence-corrected chi connectivity index (χ4v) is 3.48. The van der Waals surface area contributed by atoms with E-state index in [0.29, 0.717) is 5.56 Å².